The lowest BCUT2D eigenvalue weighted by atomic mass is 10.0. The number of nitrogens with zero attached hydrogens (tertiary/aromatic N) is 1. The van der Waals surface area contributed by atoms with Crippen molar-refractivity contribution >= 4 is 5.69 Å². The van der Waals surface area contributed by atoms with Gasteiger partial charge in [-0.3, -0.25) is 0 Å². The predicted octanol–water partition coefficient (Wildman–Crippen LogP) is 2.32. The monoisotopic (exact) mass is 222 g/mol. The molecule has 1 aliphatic heterocycles. The molecular weight excluding hydrogens is 203 g/mol. The van der Waals surface area contributed by atoms with Gasteiger partial charge in [-0.1, -0.05) is 6.07 Å². The van der Waals surface area contributed by atoms with Crippen molar-refractivity contribution < 1.29 is 4.39 Å². The maximum Gasteiger partial charge on any atom is 0.128 e. The molecule has 1 aromatic carbocycles. The van der Waals surface area contributed by atoms with E-state index in [0.29, 0.717) is 13.0 Å². The van der Waals surface area contributed by atoms with Crippen molar-refractivity contribution in [3.8, 4) is 0 Å². The zero-order valence-corrected chi connectivity index (χ0v) is 9.58. The number of piperidine rings is 1. The molecule has 3 heteroatoms. The fraction of sp³-hybridized carbons (Fsp3) is 0.538. The Kier molecular flexibility index (Phi) is 3.78. The molecule has 88 valence electrons. The van der Waals surface area contributed by atoms with Crippen molar-refractivity contribution in [3.63, 3.8) is 0 Å². The summed E-state index contributed by atoms with van der Waals surface area (Å²) < 4.78 is 13.7. The molecule has 0 bridgehead atoms. The van der Waals surface area contributed by atoms with Crippen LogP contribution in [0.1, 0.15) is 24.8 Å². The Morgan fingerprint density at radius 1 is 1.19 bits per heavy atom. The SMILES string of the molecule is NCCc1c(F)cccc1N1CCCCC1. The van der Waals surface area contributed by atoms with Crippen molar-refractivity contribution in [2.75, 3.05) is 24.5 Å². The van der Waals surface area contributed by atoms with Crippen LogP contribution in [0.3, 0.4) is 0 Å². The highest BCUT2D eigenvalue weighted by atomic mass is 19.1. The summed E-state index contributed by atoms with van der Waals surface area (Å²) in [5.41, 5.74) is 7.37. The van der Waals surface area contributed by atoms with Gasteiger partial charge in [0.2, 0.25) is 0 Å². The summed E-state index contributed by atoms with van der Waals surface area (Å²) in [6.45, 7) is 2.59. The molecule has 2 N–H and O–H groups in total. The van der Waals surface area contributed by atoms with Crippen molar-refractivity contribution in [1.82, 2.24) is 0 Å². The van der Waals surface area contributed by atoms with Gasteiger partial charge in [0.1, 0.15) is 5.82 Å². The molecule has 0 amide bonds. The van der Waals surface area contributed by atoms with Gasteiger partial charge in [-0.15, -0.1) is 0 Å². The van der Waals surface area contributed by atoms with E-state index in [1.54, 1.807) is 6.07 Å². The van der Waals surface area contributed by atoms with Crippen LogP contribution >= 0.6 is 0 Å². The van der Waals surface area contributed by atoms with E-state index >= 15 is 0 Å². The van der Waals surface area contributed by atoms with Gasteiger partial charge in [0.05, 0.1) is 0 Å². The lowest BCUT2D eigenvalue weighted by Gasteiger charge is -2.30. The van der Waals surface area contributed by atoms with Crippen LogP contribution in [0.4, 0.5) is 10.1 Å². The number of benzene rings is 1. The molecule has 1 saturated heterocycles. The Labute approximate surface area is 96.2 Å². The van der Waals surface area contributed by atoms with Crippen molar-refractivity contribution in [2.45, 2.75) is 25.7 Å². The van der Waals surface area contributed by atoms with Gasteiger partial charge in [0.25, 0.3) is 0 Å². The van der Waals surface area contributed by atoms with Gasteiger partial charge in [-0.05, 0) is 44.4 Å². The third kappa shape index (κ3) is 2.35. The summed E-state index contributed by atoms with van der Waals surface area (Å²) in [5.74, 6) is -0.117. The van der Waals surface area contributed by atoms with Crippen LogP contribution in [0.2, 0.25) is 0 Å². The molecule has 0 atom stereocenters. The van der Waals surface area contributed by atoms with Crippen molar-refractivity contribution in [1.29, 1.82) is 0 Å². The highest BCUT2D eigenvalue weighted by Gasteiger charge is 2.16. The largest absolute Gasteiger partial charge is 0.371 e. The summed E-state index contributed by atoms with van der Waals surface area (Å²) in [6, 6.07) is 5.33. The van der Waals surface area contributed by atoms with E-state index in [0.717, 1.165) is 24.3 Å². The van der Waals surface area contributed by atoms with E-state index in [4.69, 9.17) is 5.73 Å². The first-order valence-electron chi connectivity index (χ1n) is 6.05. The molecule has 1 heterocycles. The number of anilines is 1. The van der Waals surface area contributed by atoms with Gasteiger partial charge in [-0.2, -0.15) is 0 Å². The van der Waals surface area contributed by atoms with Gasteiger partial charge in [0, 0.05) is 24.3 Å². The van der Waals surface area contributed by atoms with E-state index < -0.39 is 0 Å². The highest BCUT2D eigenvalue weighted by Crippen LogP contribution is 2.26. The second-order valence-corrected chi connectivity index (χ2v) is 4.32. The fourth-order valence-corrected chi connectivity index (χ4v) is 2.37. The Balaban J connectivity index is 2.27. The molecule has 1 aromatic rings. The molecule has 2 nitrogen and oxygen atoms in total. The van der Waals surface area contributed by atoms with E-state index in [1.165, 1.54) is 25.3 Å². The topological polar surface area (TPSA) is 29.3 Å². The van der Waals surface area contributed by atoms with E-state index in [1.807, 2.05) is 6.07 Å². The number of halogens is 1. The minimum absolute atomic E-state index is 0.117. The molecule has 2 rings (SSSR count). The normalized spacial score (nSPS) is 16.5. The molecule has 16 heavy (non-hydrogen) atoms. The first-order chi connectivity index (χ1) is 7.83. The van der Waals surface area contributed by atoms with Crippen LogP contribution in [0.5, 0.6) is 0 Å². The zero-order valence-electron chi connectivity index (χ0n) is 9.58. The second kappa shape index (κ2) is 5.30. The Morgan fingerprint density at radius 3 is 2.62 bits per heavy atom. The third-order valence-corrected chi connectivity index (χ3v) is 3.19. The van der Waals surface area contributed by atoms with Crippen LogP contribution in [0.25, 0.3) is 0 Å². The van der Waals surface area contributed by atoms with Gasteiger partial charge in [0.15, 0.2) is 0 Å². The molecule has 0 saturated carbocycles. The van der Waals surface area contributed by atoms with Gasteiger partial charge < -0.3 is 10.6 Å². The zero-order chi connectivity index (χ0) is 11.4. The minimum Gasteiger partial charge on any atom is -0.371 e. The fourth-order valence-electron chi connectivity index (χ4n) is 2.37. The maximum atomic E-state index is 13.7. The number of rotatable bonds is 3. The molecule has 1 aliphatic rings. The standard InChI is InChI=1S/C13H19FN2/c14-12-5-4-6-13(11(12)7-8-15)16-9-2-1-3-10-16/h4-6H,1-3,7-10,15H2. The minimum atomic E-state index is -0.117. The summed E-state index contributed by atoms with van der Waals surface area (Å²) in [6.07, 6.45) is 4.33. The Bertz CT molecular complexity index is 346. The number of hydrogen-bond acceptors (Lipinski definition) is 2. The average molecular weight is 222 g/mol. The number of hydrogen-bond donors (Lipinski definition) is 1. The summed E-state index contributed by atoms with van der Waals surface area (Å²) in [5, 5.41) is 0. The lowest BCUT2D eigenvalue weighted by molar-refractivity contribution is 0.568. The van der Waals surface area contributed by atoms with Crippen molar-refractivity contribution in [3.05, 3.63) is 29.6 Å². The summed E-state index contributed by atoms with van der Waals surface area (Å²) in [4.78, 5) is 2.29. The highest BCUT2D eigenvalue weighted by molar-refractivity contribution is 5.54. The molecule has 0 spiro atoms. The second-order valence-electron chi connectivity index (χ2n) is 4.32. The molecular formula is C13H19FN2. The molecule has 1 fully saturated rings. The Morgan fingerprint density at radius 2 is 1.94 bits per heavy atom. The summed E-state index contributed by atoms with van der Waals surface area (Å²) in [7, 11) is 0. The molecule has 0 aliphatic carbocycles. The van der Waals surface area contributed by atoms with Gasteiger partial charge in [-0.25, -0.2) is 4.39 Å². The van der Waals surface area contributed by atoms with Crippen LogP contribution in [0, 0.1) is 5.82 Å². The first-order valence-corrected chi connectivity index (χ1v) is 6.05. The maximum absolute atomic E-state index is 13.7. The van der Waals surface area contributed by atoms with Crippen LogP contribution in [0.15, 0.2) is 18.2 Å². The molecule has 0 aromatic heterocycles. The van der Waals surface area contributed by atoms with Crippen LogP contribution in [-0.2, 0) is 6.42 Å². The van der Waals surface area contributed by atoms with Crippen molar-refractivity contribution in [2.24, 2.45) is 5.73 Å². The molecule has 0 radical (unpaired) electrons. The van der Waals surface area contributed by atoms with Crippen LogP contribution in [-0.4, -0.2) is 19.6 Å². The summed E-state index contributed by atoms with van der Waals surface area (Å²) >= 11 is 0. The first kappa shape index (κ1) is 11.4. The smallest absolute Gasteiger partial charge is 0.128 e. The predicted molar refractivity (Wildman–Crippen MR) is 65.2 cm³/mol. The quantitative estimate of drug-likeness (QED) is 0.850. The lowest BCUT2D eigenvalue weighted by Crippen LogP contribution is -2.30. The Hall–Kier alpha value is -1.09. The van der Waals surface area contributed by atoms with Gasteiger partial charge >= 0.3 is 0 Å². The third-order valence-electron chi connectivity index (χ3n) is 3.19. The average Bonchev–Trinajstić information content (AvgIpc) is 2.33. The van der Waals surface area contributed by atoms with E-state index in [9.17, 15) is 4.39 Å². The van der Waals surface area contributed by atoms with E-state index in [2.05, 4.69) is 4.90 Å². The molecule has 0 unspecified atom stereocenters. The number of nitrogens with two attached hydrogens (primary N) is 1. The van der Waals surface area contributed by atoms with E-state index in [-0.39, 0.29) is 5.82 Å². The van der Waals surface area contributed by atoms with Crippen LogP contribution < -0.4 is 10.6 Å².